The number of rotatable bonds is 2. The standard InChI is InChI=1S/C16H19ClN4O3/c1-3-24-16(23)20-8-6-19(7-9-20)15(22)14-11(2)18-13-10-12(17)4-5-21(13)14/h4-5,10H,3,6-9H2,1-2H3. The fourth-order valence-corrected chi connectivity index (χ4v) is 3.01. The first-order chi connectivity index (χ1) is 11.5. The number of halogens is 1. The van der Waals surface area contributed by atoms with E-state index in [-0.39, 0.29) is 12.0 Å². The van der Waals surface area contributed by atoms with Crippen LogP contribution < -0.4 is 0 Å². The van der Waals surface area contributed by atoms with E-state index in [1.165, 1.54) is 0 Å². The van der Waals surface area contributed by atoms with Crippen LogP contribution in [0.5, 0.6) is 0 Å². The van der Waals surface area contributed by atoms with Gasteiger partial charge in [-0.2, -0.15) is 0 Å². The molecular formula is C16H19ClN4O3. The molecule has 1 aliphatic rings. The van der Waals surface area contributed by atoms with Gasteiger partial charge >= 0.3 is 6.09 Å². The van der Waals surface area contributed by atoms with E-state index >= 15 is 0 Å². The zero-order valence-electron chi connectivity index (χ0n) is 13.7. The van der Waals surface area contributed by atoms with Crippen LogP contribution in [0.1, 0.15) is 23.1 Å². The molecule has 0 radical (unpaired) electrons. The van der Waals surface area contributed by atoms with Crippen LogP contribution in [0.2, 0.25) is 5.02 Å². The van der Waals surface area contributed by atoms with Gasteiger partial charge in [-0.1, -0.05) is 11.6 Å². The number of hydrogen-bond donors (Lipinski definition) is 0. The molecule has 0 N–H and O–H groups in total. The number of carbonyl (C=O) groups is 2. The Morgan fingerprint density at radius 2 is 1.92 bits per heavy atom. The van der Waals surface area contributed by atoms with Crippen LogP contribution >= 0.6 is 11.6 Å². The van der Waals surface area contributed by atoms with Gasteiger partial charge in [0.15, 0.2) is 0 Å². The average molecular weight is 351 g/mol. The molecule has 0 spiro atoms. The van der Waals surface area contributed by atoms with Gasteiger partial charge in [0.25, 0.3) is 5.91 Å². The van der Waals surface area contributed by atoms with Gasteiger partial charge in [0.1, 0.15) is 11.3 Å². The average Bonchev–Trinajstić information content (AvgIpc) is 2.89. The molecule has 2 amide bonds. The highest BCUT2D eigenvalue weighted by Gasteiger charge is 2.28. The van der Waals surface area contributed by atoms with Crippen molar-refractivity contribution in [2.75, 3.05) is 32.8 Å². The fraction of sp³-hybridized carbons (Fsp3) is 0.438. The Morgan fingerprint density at radius 1 is 1.25 bits per heavy atom. The molecule has 1 saturated heterocycles. The highest BCUT2D eigenvalue weighted by molar-refractivity contribution is 6.30. The number of pyridine rings is 1. The summed E-state index contributed by atoms with van der Waals surface area (Å²) >= 11 is 5.98. The van der Waals surface area contributed by atoms with Crippen molar-refractivity contribution < 1.29 is 14.3 Å². The SMILES string of the molecule is CCOC(=O)N1CCN(C(=O)c2c(C)nc3cc(Cl)ccn23)CC1. The Morgan fingerprint density at radius 3 is 2.58 bits per heavy atom. The minimum Gasteiger partial charge on any atom is -0.450 e. The second-order valence-electron chi connectivity index (χ2n) is 5.60. The van der Waals surface area contributed by atoms with Crippen molar-refractivity contribution in [1.29, 1.82) is 0 Å². The summed E-state index contributed by atoms with van der Waals surface area (Å²) in [5.41, 5.74) is 1.84. The third kappa shape index (κ3) is 3.03. The third-order valence-corrected chi connectivity index (χ3v) is 4.29. The zero-order valence-corrected chi connectivity index (χ0v) is 14.4. The van der Waals surface area contributed by atoms with Gasteiger partial charge in [-0.15, -0.1) is 0 Å². The summed E-state index contributed by atoms with van der Waals surface area (Å²) < 4.78 is 6.75. The summed E-state index contributed by atoms with van der Waals surface area (Å²) in [5, 5.41) is 0.578. The first-order valence-corrected chi connectivity index (χ1v) is 8.24. The molecule has 2 aromatic heterocycles. The molecule has 8 heteroatoms. The predicted molar refractivity (Wildman–Crippen MR) is 89.4 cm³/mol. The van der Waals surface area contributed by atoms with E-state index in [0.717, 1.165) is 0 Å². The van der Waals surface area contributed by atoms with E-state index < -0.39 is 0 Å². The lowest BCUT2D eigenvalue weighted by Crippen LogP contribution is -2.51. The highest BCUT2D eigenvalue weighted by atomic mass is 35.5. The number of hydrogen-bond acceptors (Lipinski definition) is 4. The summed E-state index contributed by atoms with van der Waals surface area (Å²) in [6, 6.07) is 3.45. The Balaban J connectivity index is 1.77. The lowest BCUT2D eigenvalue weighted by atomic mass is 10.2. The molecule has 0 aromatic carbocycles. The maximum Gasteiger partial charge on any atom is 0.409 e. The molecule has 0 bridgehead atoms. The maximum absolute atomic E-state index is 12.9. The number of aromatic nitrogens is 2. The lowest BCUT2D eigenvalue weighted by Gasteiger charge is -2.34. The Bertz CT molecular complexity index is 781. The maximum atomic E-state index is 12.9. The number of aryl methyl sites for hydroxylation is 1. The van der Waals surface area contributed by atoms with Crippen molar-refractivity contribution >= 4 is 29.2 Å². The van der Waals surface area contributed by atoms with Crippen LogP contribution in [-0.2, 0) is 4.74 Å². The van der Waals surface area contributed by atoms with Crippen molar-refractivity contribution in [3.05, 3.63) is 34.7 Å². The zero-order chi connectivity index (χ0) is 17.3. The Hall–Kier alpha value is -2.28. The lowest BCUT2D eigenvalue weighted by molar-refractivity contribution is 0.0564. The quantitative estimate of drug-likeness (QED) is 0.832. The molecule has 128 valence electrons. The van der Waals surface area contributed by atoms with E-state index in [4.69, 9.17) is 16.3 Å². The predicted octanol–water partition coefficient (Wildman–Crippen LogP) is 2.21. The molecule has 0 aliphatic carbocycles. The molecule has 2 aromatic rings. The Labute approximate surface area is 144 Å². The number of imidazole rings is 1. The van der Waals surface area contributed by atoms with Gasteiger partial charge in [0.2, 0.25) is 0 Å². The normalized spacial score (nSPS) is 15.0. The first kappa shape index (κ1) is 16.6. The largest absolute Gasteiger partial charge is 0.450 e. The topological polar surface area (TPSA) is 67.2 Å². The molecule has 3 rings (SSSR count). The van der Waals surface area contributed by atoms with Gasteiger partial charge in [-0.25, -0.2) is 9.78 Å². The van der Waals surface area contributed by atoms with Crippen LogP contribution in [-0.4, -0.2) is 64.0 Å². The first-order valence-electron chi connectivity index (χ1n) is 7.86. The van der Waals surface area contributed by atoms with Crippen LogP contribution in [0.4, 0.5) is 4.79 Å². The Kier molecular flexibility index (Phi) is 4.62. The third-order valence-electron chi connectivity index (χ3n) is 4.06. The molecule has 7 nitrogen and oxygen atoms in total. The number of fused-ring (bicyclic) bond motifs is 1. The van der Waals surface area contributed by atoms with Crippen molar-refractivity contribution in [2.24, 2.45) is 0 Å². The van der Waals surface area contributed by atoms with Crippen molar-refractivity contribution in [2.45, 2.75) is 13.8 Å². The van der Waals surface area contributed by atoms with E-state index in [1.807, 2.05) is 6.92 Å². The van der Waals surface area contributed by atoms with E-state index in [1.54, 1.807) is 39.5 Å². The molecular weight excluding hydrogens is 332 g/mol. The fourth-order valence-electron chi connectivity index (χ4n) is 2.85. The van der Waals surface area contributed by atoms with Crippen LogP contribution in [0, 0.1) is 6.92 Å². The van der Waals surface area contributed by atoms with E-state index in [9.17, 15) is 9.59 Å². The minimum atomic E-state index is -0.328. The number of piperazine rings is 1. The molecule has 3 heterocycles. The minimum absolute atomic E-state index is 0.0918. The highest BCUT2D eigenvalue weighted by Crippen LogP contribution is 2.19. The van der Waals surface area contributed by atoms with E-state index in [2.05, 4.69) is 4.98 Å². The van der Waals surface area contributed by atoms with Gasteiger partial charge in [0.05, 0.1) is 12.3 Å². The molecule has 1 fully saturated rings. The van der Waals surface area contributed by atoms with Crippen LogP contribution in [0.25, 0.3) is 5.65 Å². The van der Waals surface area contributed by atoms with Crippen LogP contribution in [0.3, 0.4) is 0 Å². The second kappa shape index (κ2) is 6.68. The molecule has 0 atom stereocenters. The van der Waals surface area contributed by atoms with Crippen molar-refractivity contribution in [3.8, 4) is 0 Å². The number of ether oxygens (including phenoxy) is 1. The monoisotopic (exact) mass is 350 g/mol. The summed E-state index contributed by atoms with van der Waals surface area (Å²) in [4.78, 5) is 32.4. The summed E-state index contributed by atoms with van der Waals surface area (Å²) in [6.45, 7) is 5.80. The number of amides is 2. The molecule has 1 aliphatic heterocycles. The van der Waals surface area contributed by atoms with Gasteiger partial charge in [-0.3, -0.25) is 9.20 Å². The summed E-state index contributed by atoms with van der Waals surface area (Å²) in [7, 11) is 0. The van der Waals surface area contributed by atoms with Crippen molar-refractivity contribution in [3.63, 3.8) is 0 Å². The van der Waals surface area contributed by atoms with Crippen molar-refractivity contribution in [1.82, 2.24) is 19.2 Å². The molecule has 0 saturated carbocycles. The number of nitrogens with zero attached hydrogens (tertiary/aromatic N) is 4. The summed E-state index contributed by atoms with van der Waals surface area (Å²) in [5.74, 6) is -0.0918. The number of carbonyl (C=O) groups excluding carboxylic acids is 2. The van der Waals surface area contributed by atoms with E-state index in [0.29, 0.717) is 54.8 Å². The van der Waals surface area contributed by atoms with Crippen LogP contribution in [0.15, 0.2) is 18.3 Å². The molecule has 0 unspecified atom stereocenters. The molecule has 24 heavy (non-hydrogen) atoms. The van der Waals surface area contributed by atoms with Gasteiger partial charge < -0.3 is 14.5 Å². The second-order valence-corrected chi connectivity index (χ2v) is 6.03. The smallest absolute Gasteiger partial charge is 0.409 e. The van der Waals surface area contributed by atoms with Gasteiger partial charge in [-0.05, 0) is 19.9 Å². The summed E-state index contributed by atoms with van der Waals surface area (Å²) in [6.07, 6.45) is 1.42. The van der Waals surface area contributed by atoms with Gasteiger partial charge in [0, 0.05) is 43.5 Å².